The van der Waals surface area contributed by atoms with Crippen molar-refractivity contribution in [2.24, 2.45) is 5.92 Å². The molecule has 0 radical (unpaired) electrons. The van der Waals surface area contributed by atoms with Gasteiger partial charge < -0.3 is 14.6 Å². The van der Waals surface area contributed by atoms with Gasteiger partial charge >= 0.3 is 0 Å². The fraction of sp³-hybridized carbons (Fsp3) is 0.421. The summed E-state index contributed by atoms with van der Waals surface area (Å²) in [6, 6.07) is 14.1. The van der Waals surface area contributed by atoms with Crippen LogP contribution >= 0.6 is 0 Å². The minimum Gasteiger partial charge on any atom is -0.391 e. The number of piperidine rings is 1. The first-order chi connectivity index (χ1) is 11.1. The number of β-amino-alcohol motifs (C(OH)–C–C–N with tert-alkyl or cyclic N) is 1. The van der Waals surface area contributed by atoms with Crippen LogP contribution < -0.4 is 0 Å². The maximum Gasteiger partial charge on any atom is 0.270 e. The first-order valence-corrected chi connectivity index (χ1v) is 8.31. The summed E-state index contributed by atoms with van der Waals surface area (Å²) in [5, 5.41) is 10.0. The van der Waals surface area contributed by atoms with Gasteiger partial charge in [0.1, 0.15) is 5.69 Å². The number of amides is 1. The van der Waals surface area contributed by atoms with E-state index >= 15 is 0 Å². The Kier molecular flexibility index (Phi) is 4.82. The molecule has 2 unspecified atom stereocenters. The SMILES string of the molecule is CC1CCN(C(=O)c2cccn2CCc2ccccc2)CC1O. The van der Waals surface area contributed by atoms with Gasteiger partial charge in [0.2, 0.25) is 0 Å². The molecule has 1 aromatic heterocycles. The average Bonchev–Trinajstić information content (AvgIpc) is 3.04. The molecule has 0 bridgehead atoms. The Labute approximate surface area is 137 Å². The van der Waals surface area contributed by atoms with E-state index < -0.39 is 6.10 Å². The van der Waals surface area contributed by atoms with Crippen molar-refractivity contribution in [3.05, 3.63) is 59.9 Å². The number of hydrogen-bond acceptors (Lipinski definition) is 2. The molecule has 1 fully saturated rings. The fourth-order valence-corrected chi connectivity index (χ4v) is 3.09. The van der Waals surface area contributed by atoms with Crippen LogP contribution in [-0.2, 0) is 13.0 Å². The zero-order valence-corrected chi connectivity index (χ0v) is 13.6. The molecule has 2 aromatic rings. The summed E-state index contributed by atoms with van der Waals surface area (Å²) < 4.78 is 2.01. The predicted octanol–water partition coefficient (Wildman–Crippen LogP) is 2.57. The lowest BCUT2D eigenvalue weighted by Gasteiger charge is -2.34. The highest BCUT2D eigenvalue weighted by Gasteiger charge is 2.28. The van der Waals surface area contributed by atoms with E-state index in [1.165, 1.54) is 5.56 Å². The van der Waals surface area contributed by atoms with E-state index in [9.17, 15) is 9.90 Å². The van der Waals surface area contributed by atoms with Gasteiger partial charge in [0, 0.05) is 25.8 Å². The van der Waals surface area contributed by atoms with Gasteiger partial charge in [-0.1, -0.05) is 37.3 Å². The third kappa shape index (κ3) is 3.64. The summed E-state index contributed by atoms with van der Waals surface area (Å²) in [6.45, 7) is 3.98. The molecule has 1 aliphatic rings. The molecule has 0 spiro atoms. The number of hydrogen-bond donors (Lipinski definition) is 1. The number of aromatic nitrogens is 1. The largest absolute Gasteiger partial charge is 0.391 e. The van der Waals surface area contributed by atoms with Gasteiger partial charge in [-0.2, -0.15) is 0 Å². The fourth-order valence-electron chi connectivity index (χ4n) is 3.09. The molecule has 0 aliphatic carbocycles. The lowest BCUT2D eigenvalue weighted by atomic mass is 9.96. The Morgan fingerprint density at radius 2 is 2.00 bits per heavy atom. The third-order valence-corrected chi connectivity index (χ3v) is 4.74. The number of carbonyl (C=O) groups is 1. The maximum atomic E-state index is 12.7. The highest BCUT2D eigenvalue weighted by Crippen LogP contribution is 2.19. The lowest BCUT2D eigenvalue weighted by Crippen LogP contribution is -2.46. The van der Waals surface area contributed by atoms with Gasteiger partial charge in [-0.05, 0) is 36.5 Å². The van der Waals surface area contributed by atoms with Gasteiger partial charge in [-0.25, -0.2) is 0 Å². The molecule has 2 atom stereocenters. The Morgan fingerprint density at radius 3 is 2.74 bits per heavy atom. The normalized spacial score (nSPS) is 21.4. The third-order valence-electron chi connectivity index (χ3n) is 4.74. The van der Waals surface area contributed by atoms with Crippen LogP contribution in [0.15, 0.2) is 48.7 Å². The molecule has 1 aromatic carbocycles. The Balaban J connectivity index is 1.67. The van der Waals surface area contributed by atoms with Crippen molar-refractivity contribution in [2.75, 3.05) is 13.1 Å². The van der Waals surface area contributed by atoms with Gasteiger partial charge in [0.05, 0.1) is 6.10 Å². The minimum atomic E-state index is -0.416. The Hall–Kier alpha value is -2.07. The molecule has 122 valence electrons. The first kappa shape index (κ1) is 15.8. The quantitative estimate of drug-likeness (QED) is 0.943. The number of rotatable bonds is 4. The van der Waals surface area contributed by atoms with Crippen molar-refractivity contribution >= 4 is 5.91 Å². The summed E-state index contributed by atoms with van der Waals surface area (Å²) in [4.78, 5) is 14.5. The van der Waals surface area contributed by atoms with Crippen LogP contribution in [0, 0.1) is 5.92 Å². The maximum absolute atomic E-state index is 12.7. The van der Waals surface area contributed by atoms with Crippen LogP contribution in [0.25, 0.3) is 0 Å². The zero-order chi connectivity index (χ0) is 16.2. The zero-order valence-electron chi connectivity index (χ0n) is 13.6. The van der Waals surface area contributed by atoms with Crippen molar-refractivity contribution in [1.82, 2.24) is 9.47 Å². The van der Waals surface area contributed by atoms with Crippen LogP contribution in [0.3, 0.4) is 0 Å². The summed E-state index contributed by atoms with van der Waals surface area (Å²) in [6.07, 6.45) is 3.30. The number of aryl methyl sites for hydroxylation is 2. The molecule has 0 saturated carbocycles. The molecular weight excluding hydrogens is 288 g/mol. The van der Waals surface area contributed by atoms with Crippen LogP contribution in [0.2, 0.25) is 0 Å². The van der Waals surface area contributed by atoms with Crippen molar-refractivity contribution in [3.8, 4) is 0 Å². The number of likely N-dealkylation sites (tertiary alicyclic amines) is 1. The van der Waals surface area contributed by atoms with E-state index in [4.69, 9.17) is 0 Å². The van der Waals surface area contributed by atoms with Gasteiger partial charge in [0.25, 0.3) is 5.91 Å². The summed E-state index contributed by atoms with van der Waals surface area (Å²) in [5.74, 6) is 0.290. The average molecular weight is 312 g/mol. The van der Waals surface area contributed by atoms with E-state index in [1.54, 1.807) is 4.90 Å². The van der Waals surface area contributed by atoms with E-state index in [0.717, 1.165) is 25.9 Å². The van der Waals surface area contributed by atoms with Crippen molar-refractivity contribution in [2.45, 2.75) is 32.4 Å². The molecule has 4 nitrogen and oxygen atoms in total. The van der Waals surface area contributed by atoms with Crippen molar-refractivity contribution in [3.63, 3.8) is 0 Å². The second-order valence-electron chi connectivity index (χ2n) is 6.41. The van der Waals surface area contributed by atoms with E-state index in [1.807, 2.05) is 48.0 Å². The van der Waals surface area contributed by atoms with Crippen molar-refractivity contribution < 1.29 is 9.90 Å². The van der Waals surface area contributed by atoms with Crippen LogP contribution in [-0.4, -0.2) is 39.7 Å². The summed E-state index contributed by atoms with van der Waals surface area (Å²) >= 11 is 0. The van der Waals surface area contributed by atoms with Crippen molar-refractivity contribution in [1.29, 1.82) is 0 Å². The summed E-state index contributed by atoms with van der Waals surface area (Å²) in [5.41, 5.74) is 1.98. The summed E-state index contributed by atoms with van der Waals surface area (Å²) in [7, 11) is 0. The topological polar surface area (TPSA) is 45.5 Å². The molecule has 23 heavy (non-hydrogen) atoms. The number of aliphatic hydroxyl groups is 1. The highest BCUT2D eigenvalue weighted by molar-refractivity contribution is 5.92. The van der Waals surface area contributed by atoms with E-state index in [0.29, 0.717) is 12.2 Å². The Morgan fingerprint density at radius 1 is 1.22 bits per heavy atom. The van der Waals surface area contributed by atoms with Crippen LogP contribution in [0.4, 0.5) is 0 Å². The van der Waals surface area contributed by atoms with Crippen LogP contribution in [0.5, 0.6) is 0 Å². The molecule has 3 rings (SSSR count). The predicted molar refractivity (Wildman–Crippen MR) is 90.3 cm³/mol. The number of carbonyl (C=O) groups excluding carboxylic acids is 1. The smallest absolute Gasteiger partial charge is 0.270 e. The second kappa shape index (κ2) is 7.01. The molecule has 4 heteroatoms. The van der Waals surface area contributed by atoms with Gasteiger partial charge in [0.15, 0.2) is 0 Å². The van der Waals surface area contributed by atoms with Gasteiger partial charge in [-0.3, -0.25) is 4.79 Å². The lowest BCUT2D eigenvalue weighted by molar-refractivity contribution is 0.0242. The number of aliphatic hydroxyl groups excluding tert-OH is 1. The monoisotopic (exact) mass is 312 g/mol. The molecular formula is C19H24N2O2. The van der Waals surface area contributed by atoms with E-state index in [-0.39, 0.29) is 11.8 Å². The second-order valence-corrected chi connectivity index (χ2v) is 6.41. The molecule has 2 heterocycles. The van der Waals surface area contributed by atoms with Crippen LogP contribution in [0.1, 0.15) is 29.4 Å². The van der Waals surface area contributed by atoms with Gasteiger partial charge in [-0.15, -0.1) is 0 Å². The number of nitrogens with zero attached hydrogens (tertiary/aromatic N) is 2. The molecule has 1 amide bonds. The first-order valence-electron chi connectivity index (χ1n) is 8.31. The number of benzene rings is 1. The standard InChI is InChI=1S/C19H24N2O2/c1-15-9-12-21(14-18(15)22)19(23)17-8-5-11-20(17)13-10-16-6-3-2-4-7-16/h2-8,11,15,18,22H,9-10,12-14H2,1H3. The minimum absolute atomic E-state index is 0.0222. The molecule has 1 aliphatic heterocycles. The highest BCUT2D eigenvalue weighted by atomic mass is 16.3. The Bertz CT molecular complexity index is 650. The van der Waals surface area contributed by atoms with E-state index in [2.05, 4.69) is 12.1 Å². The molecule has 1 saturated heterocycles. The molecule has 1 N–H and O–H groups in total.